The van der Waals surface area contributed by atoms with Gasteiger partial charge in [-0.25, -0.2) is 14.8 Å². The first kappa shape index (κ1) is 13.3. The molecule has 1 aromatic heterocycles. The molecular formula is C14H17N3O2. The van der Waals surface area contributed by atoms with Gasteiger partial charge in [-0.15, -0.1) is 0 Å². The Hall–Kier alpha value is -2.17. The van der Waals surface area contributed by atoms with Crippen molar-refractivity contribution in [2.24, 2.45) is 5.92 Å². The highest BCUT2D eigenvalue weighted by molar-refractivity contribution is 5.96. The highest BCUT2D eigenvalue weighted by atomic mass is 16.4. The molecule has 0 radical (unpaired) electrons. The van der Waals surface area contributed by atoms with Gasteiger partial charge >= 0.3 is 5.97 Å². The van der Waals surface area contributed by atoms with Gasteiger partial charge in [0.2, 0.25) is 0 Å². The normalized spacial score (nSPS) is 12.3. The number of rotatable bonds is 5. The average Bonchev–Trinajstić information content (AvgIpc) is 2.43. The molecule has 0 aliphatic rings. The van der Waals surface area contributed by atoms with E-state index in [-0.39, 0.29) is 5.56 Å². The summed E-state index contributed by atoms with van der Waals surface area (Å²) >= 11 is 0. The number of anilines is 1. The molecule has 0 aliphatic carbocycles. The molecule has 2 N–H and O–H groups in total. The summed E-state index contributed by atoms with van der Waals surface area (Å²) in [5.74, 6) is 0.361. The third-order valence-electron chi connectivity index (χ3n) is 3.20. The van der Waals surface area contributed by atoms with Crippen LogP contribution in [0.15, 0.2) is 24.5 Å². The fourth-order valence-electron chi connectivity index (χ4n) is 1.75. The van der Waals surface area contributed by atoms with Crippen molar-refractivity contribution in [2.45, 2.75) is 20.3 Å². The number of carbonyl (C=O) groups is 1. The molecular weight excluding hydrogens is 242 g/mol. The number of nitrogens with one attached hydrogen (secondary N) is 1. The van der Waals surface area contributed by atoms with Crippen molar-refractivity contribution in [2.75, 3.05) is 11.9 Å². The van der Waals surface area contributed by atoms with E-state index in [4.69, 9.17) is 5.11 Å². The van der Waals surface area contributed by atoms with Gasteiger partial charge in [0.05, 0.1) is 11.1 Å². The second kappa shape index (κ2) is 5.65. The summed E-state index contributed by atoms with van der Waals surface area (Å²) in [6.45, 7) is 5.14. The summed E-state index contributed by atoms with van der Waals surface area (Å²) in [6, 6.07) is 4.88. The van der Waals surface area contributed by atoms with Gasteiger partial charge < -0.3 is 10.4 Å². The first-order valence-electron chi connectivity index (χ1n) is 6.33. The van der Waals surface area contributed by atoms with E-state index in [2.05, 4.69) is 29.1 Å². The molecule has 0 bridgehead atoms. The van der Waals surface area contributed by atoms with Crippen LogP contribution in [0.4, 0.5) is 5.82 Å². The Morgan fingerprint density at radius 2 is 2.21 bits per heavy atom. The van der Waals surface area contributed by atoms with Crippen molar-refractivity contribution < 1.29 is 9.90 Å². The van der Waals surface area contributed by atoms with Gasteiger partial charge in [-0.2, -0.15) is 0 Å². The van der Waals surface area contributed by atoms with Crippen LogP contribution in [0.25, 0.3) is 10.9 Å². The topological polar surface area (TPSA) is 75.1 Å². The third kappa shape index (κ3) is 2.99. The molecule has 0 fully saturated rings. The van der Waals surface area contributed by atoms with E-state index in [1.807, 2.05) is 0 Å². The Kier molecular flexibility index (Phi) is 3.94. The second-order valence-electron chi connectivity index (χ2n) is 4.65. The largest absolute Gasteiger partial charge is 0.478 e. The minimum absolute atomic E-state index is 0.235. The number of fused-ring (bicyclic) bond motifs is 1. The fraction of sp³-hybridized carbons (Fsp3) is 0.357. The highest BCUT2D eigenvalue weighted by Gasteiger charge is 2.08. The lowest BCUT2D eigenvalue weighted by atomic mass is 10.1. The Labute approximate surface area is 111 Å². The van der Waals surface area contributed by atoms with E-state index in [9.17, 15) is 4.79 Å². The van der Waals surface area contributed by atoms with E-state index >= 15 is 0 Å². The summed E-state index contributed by atoms with van der Waals surface area (Å²) in [6.07, 6.45) is 2.55. The first-order chi connectivity index (χ1) is 9.11. The van der Waals surface area contributed by atoms with Crippen LogP contribution in [0.5, 0.6) is 0 Å². The molecule has 1 aromatic carbocycles. The SMILES string of the molecule is CCC(C)CNc1ncnc2cc(C(=O)O)ccc12. The molecule has 5 heteroatoms. The monoisotopic (exact) mass is 259 g/mol. The molecule has 0 saturated heterocycles. The van der Waals surface area contributed by atoms with Crippen LogP contribution in [-0.4, -0.2) is 27.6 Å². The van der Waals surface area contributed by atoms with E-state index in [1.165, 1.54) is 6.33 Å². The fourth-order valence-corrected chi connectivity index (χ4v) is 1.75. The Morgan fingerprint density at radius 3 is 2.89 bits per heavy atom. The number of benzene rings is 1. The smallest absolute Gasteiger partial charge is 0.335 e. The molecule has 0 amide bonds. The number of aromatic carboxylic acids is 1. The lowest BCUT2D eigenvalue weighted by Gasteiger charge is -2.12. The number of nitrogens with zero attached hydrogens (tertiary/aromatic N) is 2. The number of carboxylic acid groups (broad SMARTS) is 1. The molecule has 5 nitrogen and oxygen atoms in total. The Morgan fingerprint density at radius 1 is 1.42 bits per heavy atom. The lowest BCUT2D eigenvalue weighted by molar-refractivity contribution is 0.0697. The maximum atomic E-state index is 10.9. The lowest BCUT2D eigenvalue weighted by Crippen LogP contribution is -2.11. The summed E-state index contributed by atoms with van der Waals surface area (Å²) in [5.41, 5.74) is 0.876. The van der Waals surface area contributed by atoms with Crippen molar-refractivity contribution in [1.82, 2.24) is 9.97 Å². The maximum absolute atomic E-state index is 10.9. The maximum Gasteiger partial charge on any atom is 0.335 e. The quantitative estimate of drug-likeness (QED) is 0.863. The van der Waals surface area contributed by atoms with Crippen molar-refractivity contribution in [3.8, 4) is 0 Å². The van der Waals surface area contributed by atoms with Gasteiger partial charge in [-0.1, -0.05) is 20.3 Å². The van der Waals surface area contributed by atoms with Gasteiger partial charge in [-0.05, 0) is 24.1 Å². The molecule has 2 rings (SSSR count). The van der Waals surface area contributed by atoms with Crippen molar-refractivity contribution in [1.29, 1.82) is 0 Å². The number of aromatic nitrogens is 2. The van der Waals surface area contributed by atoms with Crippen LogP contribution >= 0.6 is 0 Å². The third-order valence-corrected chi connectivity index (χ3v) is 3.20. The molecule has 0 saturated carbocycles. The summed E-state index contributed by atoms with van der Waals surface area (Å²) in [4.78, 5) is 19.3. The van der Waals surface area contributed by atoms with Crippen molar-refractivity contribution >= 4 is 22.7 Å². The minimum atomic E-state index is -0.949. The van der Waals surface area contributed by atoms with Crippen molar-refractivity contribution in [3.63, 3.8) is 0 Å². The van der Waals surface area contributed by atoms with Crippen LogP contribution in [0.2, 0.25) is 0 Å². The standard InChI is InChI=1S/C14H17N3O2/c1-3-9(2)7-15-13-11-5-4-10(14(18)19)6-12(11)16-8-17-13/h4-6,8-9H,3,7H2,1-2H3,(H,18,19)(H,15,16,17). The molecule has 1 atom stereocenters. The van der Waals surface area contributed by atoms with Gasteiger partial charge in [0, 0.05) is 11.9 Å². The highest BCUT2D eigenvalue weighted by Crippen LogP contribution is 2.20. The molecule has 0 spiro atoms. The van der Waals surface area contributed by atoms with Gasteiger partial charge in [-0.3, -0.25) is 0 Å². The zero-order chi connectivity index (χ0) is 13.8. The van der Waals surface area contributed by atoms with Crippen LogP contribution in [0.3, 0.4) is 0 Å². The summed E-state index contributed by atoms with van der Waals surface area (Å²) < 4.78 is 0. The number of carboxylic acids is 1. The Bertz CT molecular complexity index is 598. The van der Waals surface area contributed by atoms with Gasteiger partial charge in [0.15, 0.2) is 0 Å². The predicted molar refractivity (Wildman–Crippen MR) is 74.4 cm³/mol. The van der Waals surface area contributed by atoms with Crippen LogP contribution in [0.1, 0.15) is 30.6 Å². The predicted octanol–water partition coefficient (Wildman–Crippen LogP) is 2.79. The van der Waals surface area contributed by atoms with Crippen LogP contribution < -0.4 is 5.32 Å². The van der Waals surface area contributed by atoms with Gasteiger partial charge in [0.1, 0.15) is 12.1 Å². The molecule has 1 unspecified atom stereocenters. The molecule has 100 valence electrons. The minimum Gasteiger partial charge on any atom is -0.478 e. The molecule has 2 aromatic rings. The zero-order valence-corrected chi connectivity index (χ0v) is 11.1. The average molecular weight is 259 g/mol. The van der Waals surface area contributed by atoms with Gasteiger partial charge in [0.25, 0.3) is 0 Å². The Balaban J connectivity index is 2.32. The molecule has 0 aliphatic heterocycles. The van der Waals surface area contributed by atoms with Crippen LogP contribution in [0, 0.1) is 5.92 Å². The number of hydrogen-bond acceptors (Lipinski definition) is 4. The second-order valence-corrected chi connectivity index (χ2v) is 4.65. The van der Waals surface area contributed by atoms with E-state index in [0.717, 1.165) is 24.2 Å². The molecule has 1 heterocycles. The zero-order valence-electron chi connectivity index (χ0n) is 11.1. The van der Waals surface area contributed by atoms with Crippen LogP contribution in [-0.2, 0) is 0 Å². The van der Waals surface area contributed by atoms with E-state index in [1.54, 1.807) is 18.2 Å². The van der Waals surface area contributed by atoms with E-state index < -0.39 is 5.97 Å². The summed E-state index contributed by atoms with van der Waals surface area (Å²) in [5, 5.41) is 13.1. The van der Waals surface area contributed by atoms with E-state index in [0.29, 0.717) is 11.4 Å². The first-order valence-corrected chi connectivity index (χ1v) is 6.33. The summed E-state index contributed by atoms with van der Waals surface area (Å²) in [7, 11) is 0. The molecule has 19 heavy (non-hydrogen) atoms. The van der Waals surface area contributed by atoms with Crippen molar-refractivity contribution in [3.05, 3.63) is 30.1 Å². The number of hydrogen-bond donors (Lipinski definition) is 2.